The fraction of sp³-hybridized carbons (Fsp3) is 0.520. The maximum atomic E-state index is 13.3. The normalized spacial score (nSPS) is 22.6. The van der Waals surface area contributed by atoms with Gasteiger partial charge in [0.05, 0.1) is 6.10 Å². The number of carbonyl (C=O) groups is 1. The summed E-state index contributed by atoms with van der Waals surface area (Å²) < 4.78 is 19.1. The van der Waals surface area contributed by atoms with E-state index >= 15 is 0 Å². The molecule has 1 amide bonds. The van der Waals surface area contributed by atoms with Gasteiger partial charge in [-0.15, -0.1) is 0 Å². The van der Waals surface area contributed by atoms with Gasteiger partial charge in [0.1, 0.15) is 11.6 Å². The Balaban J connectivity index is 1.36. The molecule has 1 aromatic heterocycles. The van der Waals surface area contributed by atoms with E-state index in [1.807, 2.05) is 25.3 Å². The van der Waals surface area contributed by atoms with Gasteiger partial charge in [-0.25, -0.2) is 9.37 Å². The molecular weight excluding hydrogens is 406 g/mol. The van der Waals surface area contributed by atoms with Crippen LogP contribution >= 0.6 is 0 Å². The number of hydrogen-bond donors (Lipinski definition) is 0. The molecule has 172 valence electrons. The van der Waals surface area contributed by atoms with Gasteiger partial charge in [0.2, 0.25) is 0 Å². The van der Waals surface area contributed by atoms with Crippen molar-refractivity contribution >= 4 is 11.7 Å². The Hall–Kier alpha value is -2.35. The molecule has 2 aliphatic rings. The molecule has 2 atom stereocenters. The predicted molar refractivity (Wildman–Crippen MR) is 123 cm³/mol. The van der Waals surface area contributed by atoms with Crippen molar-refractivity contribution in [2.24, 2.45) is 0 Å². The van der Waals surface area contributed by atoms with Crippen molar-refractivity contribution in [3.8, 4) is 0 Å². The zero-order chi connectivity index (χ0) is 22.3. The summed E-state index contributed by atoms with van der Waals surface area (Å²) in [6.07, 6.45) is 6.97. The SMILES string of the molecule is COC1CCCCC1N1CCN(CCN(C(=O)c2ccc([18F])cc2)c2ccccn2)CC1. The van der Waals surface area contributed by atoms with Crippen LogP contribution in [0.5, 0.6) is 0 Å². The summed E-state index contributed by atoms with van der Waals surface area (Å²) >= 11 is 0. The molecule has 7 heteroatoms. The molecule has 1 saturated heterocycles. The standard InChI is InChI=1S/C25H33FN4O2/c1-32-23-7-3-2-6-22(23)29-17-14-28(15-18-29)16-19-30(24-8-4-5-13-27-24)25(31)20-9-11-21(26)12-10-20/h4-5,8-13,22-23H,2-3,6-7,14-19H2,1H3/i26-1. The van der Waals surface area contributed by atoms with Gasteiger partial charge in [-0.05, 0) is 49.2 Å². The van der Waals surface area contributed by atoms with Crippen LogP contribution in [0.1, 0.15) is 36.0 Å². The molecule has 2 heterocycles. The van der Waals surface area contributed by atoms with E-state index in [1.165, 1.54) is 43.5 Å². The third kappa shape index (κ3) is 5.52. The molecule has 2 fully saturated rings. The maximum absolute atomic E-state index is 13.3. The summed E-state index contributed by atoms with van der Waals surface area (Å²) in [6.45, 7) is 5.33. The van der Waals surface area contributed by atoms with E-state index < -0.39 is 0 Å². The minimum absolute atomic E-state index is 0.160. The Morgan fingerprint density at radius 1 is 1.09 bits per heavy atom. The second kappa shape index (κ2) is 11.0. The van der Waals surface area contributed by atoms with Crippen LogP contribution in [0.4, 0.5) is 10.2 Å². The second-order valence-corrected chi connectivity index (χ2v) is 8.66. The van der Waals surface area contributed by atoms with Gasteiger partial charge in [-0.2, -0.15) is 0 Å². The topological polar surface area (TPSA) is 48.9 Å². The quantitative estimate of drug-likeness (QED) is 0.662. The average Bonchev–Trinajstić information content (AvgIpc) is 2.85. The van der Waals surface area contributed by atoms with Crippen molar-refractivity contribution in [3.05, 3.63) is 60.0 Å². The van der Waals surface area contributed by atoms with Crippen molar-refractivity contribution in [1.29, 1.82) is 0 Å². The largest absolute Gasteiger partial charge is 0.380 e. The monoisotopic (exact) mass is 439 g/mol. The number of amides is 1. The number of nitrogens with zero attached hydrogens (tertiary/aromatic N) is 4. The highest BCUT2D eigenvalue weighted by Gasteiger charge is 2.32. The maximum Gasteiger partial charge on any atom is 0.259 e. The van der Waals surface area contributed by atoms with Crippen LogP contribution in [0.25, 0.3) is 0 Å². The first-order chi connectivity index (χ1) is 15.7. The molecule has 1 saturated carbocycles. The number of benzene rings is 1. The summed E-state index contributed by atoms with van der Waals surface area (Å²) in [4.78, 5) is 24.3. The van der Waals surface area contributed by atoms with Crippen LogP contribution in [-0.2, 0) is 4.74 Å². The molecule has 6 nitrogen and oxygen atoms in total. The molecule has 2 unspecified atom stereocenters. The molecule has 0 spiro atoms. The number of rotatable bonds is 7. The molecule has 1 aromatic carbocycles. The summed E-state index contributed by atoms with van der Waals surface area (Å²) in [5.74, 6) is 0.107. The van der Waals surface area contributed by atoms with E-state index in [4.69, 9.17) is 4.74 Å². The van der Waals surface area contributed by atoms with Crippen LogP contribution in [0, 0.1) is 5.82 Å². The fourth-order valence-corrected chi connectivity index (χ4v) is 4.91. The van der Waals surface area contributed by atoms with Crippen molar-refractivity contribution in [1.82, 2.24) is 14.8 Å². The lowest BCUT2D eigenvalue weighted by atomic mass is 9.91. The molecule has 32 heavy (non-hydrogen) atoms. The van der Waals surface area contributed by atoms with Crippen LogP contribution in [0.3, 0.4) is 0 Å². The van der Waals surface area contributed by atoms with E-state index in [-0.39, 0.29) is 11.7 Å². The number of carbonyl (C=O) groups excluding carboxylic acids is 1. The van der Waals surface area contributed by atoms with Gasteiger partial charge in [0, 0.05) is 64.2 Å². The number of hydrogen-bond acceptors (Lipinski definition) is 5. The van der Waals surface area contributed by atoms with Crippen LogP contribution in [-0.4, -0.2) is 79.2 Å². The zero-order valence-corrected chi connectivity index (χ0v) is 18.8. The lowest BCUT2D eigenvalue weighted by molar-refractivity contribution is -0.0267. The molecule has 4 rings (SSSR count). The van der Waals surface area contributed by atoms with E-state index in [0.29, 0.717) is 30.1 Å². The Kier molecular flexibility index (Phi) is 7.84. The van der Waals surface area contributed by atoms with Crippen molar-refractivity contribution in [2.75, 3.05) is 51.3 Å². The number of anilines is 1. The van der Waals surface area contributed by atoms with Gasteiger partial charge in [-0.1, -0.05) is 18.9 Å². The van der Waals surface area contributed by atoms with Crippen LogP contribution in [0.15, 0.2) is 48.7 Å². The highest BCUT2D eigenvalue weighted by atomic mass is 18.2. The molecule has 1 aliphatic heterocycles. The summed E-state index contributed by atoms with van der Waals surface area (Å²) in [6, 6.07) is 11.8. The summed E-state index contributed by atoms with van der Waals surface area (Å²) in [7, 11) is 1.84. The Bertz CT molecular complexity index is 856. The molecule has 2 aromatic rings. The van der Waals surface area contributed by atoms with Gasteiger partial charge in [0.15, 0.2) is 0 Å². The van der Waals surface area contributed by atoms with E-state index in [0.717, 1.165) is 39.1 Å². The Labute approximate surface area is 190 Å². The lowest BCUT2D eigenvalue weighted by Gasteiger charge is -2.43. The van der Waals surface area contributed by atoms with E-state index in [1.54, 1.807) is 11.1 Å². The molecule has 1 aliphatic carbocycles. The summed E-state index contributed by atoms with van der Waals surface area (Å²) in [5, 5.41) is 0. The minimum Gasteiger partial charge on any atom is -0.380 e. The smallest absolute Gasteiger partial charge is 0.259 e. The highest BCUT2D eigenvalue weighted by Crippen LogP contribution is 2.26. The van der Waals surface area contributed by atoms with Crippen molar-refractivity contribution in [2.45, 2.75) is 37.8 Å². The number of halogens is 1. The third-order valence-corrected chi connectivity index (χ3v) is 6.75. The zero-order valence-electron chi connectivity index (χ0n) is 18.8. The number of pyridine rings is 1. The summed E-state index contributed by atoms with van der Waals surface area (Å²) in [5.41, 5.74) is 0.463. The van der Waals surface area contributed by atoms with Crippen molar-refractivity contribution in [3.63, 3.8) is 0 Å². The predicted octanol–water partition coefficient (Wildman–Crippen LogP) is 3.44. The number of methoxy groups -OCH3 is 1. The minimum atomic E-state index is -0.350. The lowest BCUT2D eigenvalue weighted by Crippen LogP contribution is -2.55. The van der Waals surface area contributed by atoms with E-state index in [9.17, 15) is 9.18 Å². The fourth-order valence-electron chi connectivity index (χ4n) is 4.91. The molecule has 0 radical (unpaired) electrons. The van der Waals surface area contributed by atoms with Gasteiger partial charge >= 0.3 is 0 Å². The van der Waals surface area contributed by atoms with Gasteiger partial charge in [-0.3, -0.25) is 19.5 Å². The number of aromatic nitrogens is 1. The van der Waals surface area contributed by atoms with E-state index in [2.05, 4.69) is 14.8 Å². The van der Waals surface area contributed by atoms with Crippen LogP contribution in [0.2, 0.25) is 0 Å². The highest BCUT2D eigenvalue weighted by molar-refractivity contribution is 6.05. The van der Waals surface area contributed by atoms with Gasteiger partial charge in [0.25, 0.3) is 5.91 Å². The third-order valence-electron chi connectivity index (χ3n) is 6.75. The van der Waals surface area contributed by atoms with Crippen molar-refractivity contribution < 1.29 is 13.9 Å². The Morgan fingerprint density at radius 3 is 2.53 bits per heavy atom. The average molecular weight is 440 g/mol. The first-order valence-corrected chi connectivity index (χ1v) is 11.6. The molecule has 0 N–H and O–H groups in total. The molecule has 0 bridgehead atoms. The van der Waals surface area contributed by atoms with Gasteiger partial charge < -0.3 is 4.74 Å². The molecular formula is C25H33FN4O2. The number of ether oxygens (including phenoxy) is 1. The Morgan fingerprint density at radius 2 is 1.84 bits per heavy atom. The first kappa shape index (κ1) is 22.8. The second-order valence-electron chi connectivity index (χ2n) is 8.66. The van der Waals surface area contributed by atoms with Crippen LogP contribution < -0.4 is 4.90 Å². The first-order valence-electron chi connectivity index (χ1n) is 11.6. The number of piperazine rings is 1.